The van der Waals surface area contributed by atoms with E-state index in [1.54, 1.807) is 0 Å². The first-order chi connectivity index (χ1) is 12.4. The van der Waals surface area contributed by atoms with E-state index in [1.165, 1.54) is 11.1 Å². The minimum Gasteiger partial charge on any atom is -0.263 e. The third-order valence-corrected chi connectivity index (χ3v) is 4.66. The molecule has 0 saturated carbocycles. The topological polar surface area (TPSA) is 25.8 Å². The van der Waals surface area contributed by atoms with Crippen molar-refractivity contribution in [2.75, 3.05) is 0 Å². The van der Waals surface area contributed by atoms with Gasteiger partial charge in [-0.1, -0.05) is 58.5 Å². The Morgan fingerprint density at radius 1 is 0.962 bits per heavy atom. The summed E-state index contributed by atoms with van der Waals surface area (Å²) in [6.45, 7) is 12.6. The molecule has 3 rings (SSSR count). The summed E-state index contributed by atoms with van der Waals surface area (Å²) in [4.78, 5) is 9.04. The average Bonchev–Trinajstić information content (AvgIpc) is 2.67. The molecule has 0 atom stereocenters. The Balaban J connectivity index is 2.06. The largest absolute Gasteiger partial charge is 0.263 e. The van der Waals surface area contributed by atoms with Gasteiger partial charge in [-0.05, 0) is 46.9 Å². The molecular formula is C24H26N2. The number of hydrogen-bond donors (Lipinski definition) is 0. The van der Waals surface area contributed by atoms with E-state index in [-0.39, 0.29) is 5.41 Å². The van der Waals surface area contributed by atoms with Crippen LogP contribution in [-0.2, 0) is 11.8 Å². The zero-order valence-electron chi connectivity index (χ0n) is 16.1. The molecule has 2 aromatic heterocycles. The zero-order valence-corrected chi connectivity index (χ0v) is 16.1. The quantitative estimate of drug-likeness (QED) is 0.555. The van der Waals surface area contributed by atoms with Gasteiger partial charge in [-0.2, -0.15) is 0 Å². The van der Waals surface area contributed by atoms with E-state index in [0.29, 0.717) is 0 Å². The second-order valence-corrected chi connectivity index (χ2v) is 7.62. The highest BCUT2D eigenvalue weighted by atomic mass is 14.7. The molecule has 0 aliphatic rings. The predicted molar refractivity (Wildman–Crippen MR) is 111 cm³/mol. The van der Waals surface area contributed by atoms with E-state index in [9.17, 15) is 0 Å². The molecule has 0 N–H and O–H groups in total. The van der Waals surface area contributed by atoms with Gasteiger partial charge in [-0.25, -0.2) is 0 Å². The summed E-state index contributed by atoms with van der Waals surface area (Å²) in [5, 5.41) is 0. The fourth-order valence-corrected chi connectivity index (χ4v) is 3.08. The second-order valence-electron chi connectivity index (χ2n) is 7.62. The molecule has 26 heavy (non-hydrogen) atoms. The number of rotatable bonds is 4. The first-order valence-corrected chi connectivity index (χ1v) is 9.10. The van der Waals surface area contributed by atoms with Crippen molar-refractivity contribution < 1.29 is 0 Å². The SMILES string of the molecule is C=Cc1ccc(-c2cncc(-c3ccnc(C(C)(C)C)c3)c2)c(CC)c1. The van der Waals surface area contributed by atoms with Crippen LogP contribution in [-0.4, -0.2) is 9.97 Å². The number of benzene rings is 1. The van der Waals surface area contributed by atoms with E-state index < -0.39 is 0 Å². The second kappa shape index (κ2) is 7.25. The van der Waals surface area contributed by atoms with Gasteiger partial charge >= 0.3 is 0 Å². The van der Waals surface area contributed by atoms with Gasteiger partial charge in [0.25, 0.3) is 0 Å². The van der Waals surface area contributed by atoms with Crippen LogP contribution in [0.3, 0.4) is 0 Å². The molecule has 0 bridgehead atoms. The lowest BCUT2D eigenvalue weighted by Gasteiger charge is -2.18. The molecule has 132 valence electrons. The van der Waals surface area contributed by atoms with Crippen molar-refractivity contribution in [3.63, 3.8) is 0 Å². The van der Waals surface area contributed by atoms with E-state index in [1.807, 2.05) is 24.7 Å². The molecule has 3 aromatic rings. The van der Waals surface area contributed by atoms with Crippen molar-refractivity contribution in [1.82, 2.24) is 9.97 Å². The van der Waals surface area contributed by atoms with Gasteiger partial charge in [0.2, 0.25) is 0 Å². The Morgan fingerprint density at radius 3 is 2.42 bits per heavy atom. The van der Waals surface area contributed by atoms with E-state index in [0.717, 1.165) is 34.4 Å². The van der Waals surface area contributed by atoms with Crippen LogP contribution in [0.1, 0.15) is 44.5 Å². The fraction of sp³-hybridized carbons (Fsp3) is 0.250. The number of aromatic nitrogens is 2. The Kier molecular flexibility index (Phi) is 5.03. The molecule has 0 radical (unpaired) electrons. The zero-order chi connectivity index (χ0) is 18.7. The molecule has 0 saturated heterocycles. The summed E-state index contributed by atoms with van der Waals surface area (Å²) in [5.74, 6) is 0. The summed E-state index contributed by atoms with van der Waals surface area (Å²) < 4.78 is 0. The van der Waals surface area contributed by atoms with Crippen molar-refractivity contribution in [3.05, 3.63) is 78.4 Å². The van der Waals surface area contributed by atoms with Gasteiger partial charge < -0.3 is 0 Å². The summed E-state index contributed by atoms with van der Waals surface area (Å²) in [7, 11) is 0. The molecule has 2 heterocycles. The maximum absolute atomic E-state index is 4.53. The number of pyridine rings is 2. The van der Waals surface area contributed by atoms with Crippen LogP contribution in [0.15, 0.2) is 61.6 Å². The van der Waals surface area contributed by atoms with Crippen LogP contribution in [0.25, 0.3) is 28.3 Å². The summed E-state index contributed by atoms with van der Waals surface area (Å²) >= 11 is 0. The number of nitrogens with zero attached hydrogens (tertiary/aromatic N) is 2. The molecule has 2 heteroatoms. The van der Waals surface area contributed by atoms with Crippen LogP contribution in [0.2, 0.25) is 0 Å². The Bertz CT molecular complexity index is 933. The highest BCUT2D eigenvalue weighted by Crippen LogP contribution is 2.30. The van der Waals surface area contributed by atoms with Crippen LogP contribution < -0.4 is 0 Å². The van der Waals surface area contributed by atoms with Crippen molar-refractivity contribution >= 4 is 6.08 Å². The summed E-state index contributed by atoms with van der Waals surface area (Å²) in [6.07, 6.45) is 8.62. The van der Waals surface area contributed by atoms with Crippen LogP contribution in [0.4, 0.5) is 0 Å². The molecule has 0 fully saturated rings. The van der Waals surface area contributed by atoms with Crippen LogP contribution in [0.5, 0.6) is 0 Å². The molecule has 0 aliphatic heterocycles. The fourth-order valence-electron chi connectivity index (χ4n) is 3.08. The normalized spacial score (nSPS) is 11.4. The van der Waals surface area contributed by atoms with Crippen LogP contribution in [0, 0.1) is 0 Å². The first-order valence-electron chi connectivity index (χ1n) is 9.10. The summed E-state index contributed by atoms with van der Waals surface area (Å²) in [5.41, 5.74) is 8.22. The minimum absolute atomic E-state index is 0.0248. The smallest absolute Gasteiger partial charge is 0.0463 e. The van der Waals surface area contributed by atoms with Gasteiger partial charge in [-0.15, -0.1) is 0 Å². The average molecular weight is 342 g/mol. The highest BCUT2D eigenvalue weighted by Gasteiger charge is 2.16. The maximum atomic E-state index is 4.53. The maximum Gasteiger partial charge on any atom is 0.0463 e. The van der Waals surface area contributed by atoms with Crippen molar-refractivity contribution in [2.45, 2.75) is 39.5 Å². The van der Waals surface area contributed by atoms with Gasteiger partial charge in [0.15, 0.2) is 0 Å². The molecule has 2 nitrogen and oxygen atoms in total. The van der Waals surface area contributed by atoms with E-state index in [2.05, 4.69) is 80.6 Å². The monoisotopic (exact) mass is 342 g/mol. The molecular weight excluding hydrogens is 316 g/mol. The lowest BCUT2D eigenvalue weighted by atomic mass is 9.90. The van der Waals surface area contributed by atoms with Gasteiger partial charge in [0.1, 0.15) is 0 Å². The van der Waals surface area contributed by atoms with E-state index >= 15 is 0 Å². The Morgan fingerprint density at radius 2 is 1.73 bits per heavy atom. The van der Waals surface area contributed by atoms with Crippen LogP contribution >= 0.6 is 0 Å². The third-order valence-electron chi connectivity index (χ3n) is 4.66. The lowest BCUT2D eigenvalue weighted by Crippen LogP contribution is -2.13. The molecule has 0 amide bonds. The number of hydrogen-bond acceptors (Lipinski definition) is 2. The standard InChI is InChI=1S/C24H26N2/c1-6-17-8-9-22(18(7-2)12-17)21-13-20(15-25-16-21)19-10-11-26-23(14-19)24(3,4)5/h6,8-16H,1,7H2,2-5H3. The van der Waals surface area contributed by atoms with E-state index in [4.69, 9.17) is 0 Å². The first kappa shape index (κ1) is 18.1. The molecule has 0 aliphatic carbocycles. The summed E-state index contributed by atoms with van der Waals surface area (Å²) in [6, 6.07) is 12.9. The van der Waals surface area contributed by atoms with Crippen molar-refractivity contribution in [2.24, 2.45) is 0 Å². The van der Waals surface area contributed by atoms with Gasteiger partial charge in [-0.3, -0.25) is 9.97 Å². The molecule has 1 aromatic carbocycles. The number of aryl methyl sites for hydroxylation is 1. The Labute approximate surface area is 156 Å². The van der Waals surface area contributed by atoms with Gasteiger partial charge in [0, 0.05) is 40.8 Å². The third kappa shape index (κ3) is 3.75. The minimum atomic E-state index is 0.0248. The van der Waals surface area contributed by atoms with Crippen molar-refractivity contribution in [1.29, 1.82) is 0 Å². The lowest BCUT2D eigenvalue weighted by molar-refractivity contribution is 0.569. The van der Waals surface area contributed by atoms with Gasteiger partial charge in [0.05, 0.1) is 0 Å². The molecule has 0 spiro atoms. The predicted octanol–water partition coefficient (Wildman–Crippen LogP) is 6.31. The van der Waals surface area contributed by atoms with Crippen molar-refractivity contribution in [3.8, 4) is 22.3 Å². The highest BCUT2D eigenvalue weighted by molar-refractivity contribution is 5.74. The Hall–Kier alpha value is -2.74. The molecule has 0 unspecified atom stereocenters.